The summed E-state index contributed by atoms with van der Waals surface area (Å²) in [5.41, 5.74) is 0.241. The van der Waals surface area contributed by atoms with Gasteiger partial charge in [0.2, 0.25) is 0 Å². The van der Waals surface area contributed by atoms with E-state index < -0.39 is 17.1 Å². The maximum Gasteiger partial charge on any atom is 0.335 e. The first-order valence-corrected chi connectivity index (χ1v) is 11.3. The average molecular weight is 504 g/mol. The lowest BCUT2D eigenvalue weighted by atomic mass is 10.1. The number of methoxy groups -OCH3 is 1. The average Bonchev–Trinajstić information content (AvgIpc) is 3.49. The minimum Gasteiger partial charge on any atom is -0.494 e. The van der Waals surface area contributed by atoms with Gasteiger partial charge in [-0.1, -0.05) is 0 Å². The molecule has 1 aromatic carbocycles. The van der Waals surface area contributed by atoms with Gasteiger partial charge in [0, 0.05) is 54.4 Å². The Bertz CT molecular complexity index is 1730. The molecule has 3 heterocycles. The van der Waals surface area contributed by atoms with Crippen LogP contribution >= 0.6 is 11.3 Å². The van der Waals surface area contributed by atoms with Crippen molar-refractivity contribution in [3.05, 3.63) is 74.6 Å². The summed E-state index contributed by atoms with van der Waals surface area (Å²) >= 11 is 1.05. The van der Waals surface area contributed by atoms with Gasteiger partial charge in [0.15, 0.2) is 11.6 Å². The molecule has 0 N–H and O–H groups in total. The van der Waals surface area contributed by atoms with E-state index in [1.807, 2.05) is 12.1 Å². The van der Waals surface area contributed by atoms with E-state index >= 15 is 0 Å². The smallest absolute Gasteiger partial charge is 0.335 e. The van der Waals surface area contributed by atoms with Gasteiger partial charge < -0.3 is 4.74 Å². The lowest BCUT2D eigenvalue weighted by Gasteiger charge is -2.07. The Balaban J connectivity index is 1.87. The number of nitriles is 2. The number of nitrogens with zero attached hydrogens (tertiary/aromatic N) is 7. The first-order chi connectivity index (χ1) is 17.4. The monoisotopic (exact) mass is 503 g/mol. The van der Waals surface area contributed by atoms with Crippen LogP contribution in [0.4, 0.5) is 4.39 Å². The summed E-state index contributed by atoms with van der Waals surface area (Å²) in [5, 5.41) is 22.6. The standard InChI is InChI=1S/C24H18FN7O3S/c1-30-14-15(13-29-30)12-28-5-7-32-23(33)22-19(31(24(32)34)6-3-4-26)10-21(36-22)17-9-20(35-2)18(25)8-16(17)11-27/h5,7-10,12-14H,3,6H2,1-2H3/b7-5+,28-12?. The highest BCUT2D eigenvalue weighted by Crippen LogP contribution is 2.36. The molecule has 0 aliphatic heterocycles. The molecule has 10 nitrogen and oxygen atoms in total. The zero-order valence-electron chi connectivity index (χ0n) is 19.2. The van der Waals surface area contributed by atoms with Gasteiger partial charge >= 0.3 is 5.69 Å². The van der Waals surface area contributed by atoms with Gasteiger partial charge in [0.05, 0.1) is 42.9 Å². The number of ether oxygens (including phenoxy) is 1. The van der Waals surface area contributed by atoms with Crippen molar-refractivity contribution in [3.8, 4) is 28.3 Å². The Hall–Kier alpha value is -4.81. The lowest BCUT2D eigenvalue weighted by molar-refractivity contribution is 0.386. The lowest BCUT2D eigenvalue weighted by Crippen LogP contribution is -2.36. The van der Waals surface area contributed by atoms with Crippen molar-refractivity contribution in [2.45, 2.75) is 13.0 Å². The first kappa shape index (κ1) is 24.3. The zero-order valence-corrected chi connectivity index (χ0v) is 20.0. The van der Waals surface area contributed by atoms with E-state index in [1.54, 1.807) is 30.2 Å². The number of benzene rings is 1. The SMILES string of the molecule is COc1cc(-c2cc3c(s2)c(=O)n(/C=C/N=Cc2cnn(C)c2)c(=O)n3CCC#N)c(C#N)cc1F. The Labute approximate surface area is 207 Å². The van der Waals surface area contributed by atoms with E-state index in [1.165, 1.54) is 36.4 Å². The summed E-state index contributed by atoms with van der Waals surface area (Å²) in [6, 6.07) is 7.97. The van der Waals surface area contributed by atoms with Crippen molar-refractivity contribution in [1.82, 2.24) is 18.9 Å². The van der Waals surface area contributed by atoms with Gasteiger partial charge in [0.25, 0.3) is 5.56 Å². The van der Waals surface area contributed by atoms with Gasteiger partial charge in [-0.05, 0) is 18.2 Å². The second kappa shape index (κ2) is 10.2. The van der Waals surface area contributed by atoms with E-state index in [4.69, 9.17) is 10.00 Å². The van der Waals surface area contributed by atoms with Gasteiger partial charge in [-0.3, -0.25) is 19.0 Å². The molecular formula is C24H18FN7O3S. The Morgan fingerprint density at radius 3 is 2.75 bits per heavy atom. The molecule has 0 saturated heterocycles. The van der Waals surface area contributed by atoms with Crippen LogP contribution in [0.2, 0.25) is 0 Å². The predicted octanol–water partition coefficient (Wildman–Crippen LogP) is 3.11. The second-order valence-electron chi connectivity index (χ2n) is 7.51. The molecule has 3 aromatic heterocycles. The van der Waals surface area contributed by atoms with Crippen molar-refractivity contribution in [2.75, 3.05) is 7.11 Å². The number of hydrogen-bond acceptors (Lipinski definition) is 8. The van der Waals surface area contributed by atoms with Gasteiger partial charge in [-0.2, -0.15) is 15.6 Å². The third-order valence-electron chi connectivity index (χ3n) is 5.23. The number of halogens is 1. The molecule has 0 fully saturated rings. The molecule has 180 valence electrons. The van der Waals surface area contributed by atoms with E-state index in [0.717, 1.165) is 27.5 Å². The minimum atomic E-state index is -0.691. The van der Waals surface area contributed by atoms with Crippen LogP contribution in [0.25, 0.3) is 26.9 Å². The third kappa shape index (κ3) is 4.58. The number of aryl methyl sites for hydroxylation is 2. The predicted molar refractivity (Wildman–Crippen MR) is 133 cm³/mol. The molecule has 0 aliphatic rings. The Kier molecular flexibility index (Phi) is 6.90. The number of thiophene rings is 1. The summed E-state index contributed by atoms with van der Waals surface area (Å²) in [7, 11) is 3.07. The fourth-order valence-electron chi connectivity index (χ4n) is 3.55. The van der Waals surface area contributed by atoms with Crippen LogP contribution in [0.1, 0.15) is 17.5 Å². The molecule has 4 aromatic rings. The minimum absolute atomic E-state index is 0.0368. The summed E-state index contributed by atoms with van der Waals surface area (Å²) in [6.07, 6.45) is 7.48. The van der Waals surface area contributed by atoms with Crippen LogP contribution in [0, 0.1) is 28.5 Å². The summed E-state index contributed by atoms with van der Waals surface area (Å²) in [6.45, 7) is 0.0485. The molecular weight excluding hydrogens is 485 g/mol. The maximum atomic E-state index is 14.1. The number of fused-ring (bicyclic) bond motifs is 1. The van der Waals surface area contributed by atoms with Crippen LogP contribution < -0.4 is 16.0 Å². The number of hydrogen-bond donors (Lipinski definition) is 0. The topological polar surface area (TPSA) is 131 Å². The molecule has 0 radical (unpaired) electrons. The molecule has 0 unspecified atom stereocenters. The van der Waals surface area contributed by atoms with Gasteiger partial charge in [-0.25, -0.2) is 13.8 Å². The van der Waals surface area contributed by atoms with E-state index in [0.29, 0.717) is 16.0 Å². The van der Waals surface area contributed by atoms with Crippen LogP contribution in [0.5, 0.6) is 5.75 Å². The largest absolute Gasteiger partial charge is 0.494 e. The summed E-state index contributed by atoms with van der Waals surface area (Å²) < 4.78 is 23.3. The third-order valence-corrected chi connectivity index (χ3v) is 6.37. The first-order valence-electron chi connectivity index (χ1n) is 10.5. The molecule has 0 atom stereocenters. The molecule has 0 saturated carbocycles. The van der Waals surface area contributed by atoms with Gasteiger partial charge in [0.1, 0.15) is 4.70 Å². The van der Waals surface area contributed by atoms with Crippen LogP contribution in [-0.4, -0.2) is 32.2 Å². The highest BCUT2D eigenvalue weighted by molar-refractivity contribution is 7.22. The van der Waals surface area contributed by atoms with Crippen LogP contribution in [-0.2, 0) is 13.6 Å². The molecule has 12 heteroatoms. The van der Waals surface area contributed by atoms with E-state index in [-0.39, 0.29) is 29.0 Å². The summed E-state index contributed by atoms with van der Waals surface area (Å²) in [4.78, 5) is 31.0. The van der Waals surface area contributed by atoms with E-state index in [2.05, 4.69) is 10.1 Å². The second-order valence-corrected chi connectivity index (χ2v) is 8.56. The Morgan fingerprint density at radius 2 is 2.08 bits per heavy atom. The van der Waals surface area contributed by atoms with E-state index in [9.17, 15) is 19.2 Å². The van der Waals surface area contributed by atoms with Crippen molar-refractivity contribution in [3.63, 3.8) is 0 Å². The maximum absolute atomic E-state index is 14.1. The number of aliphatic imine (C=N–C) groups is 1. The highest BCUT2D eigenvalue weighted by Gasteiger charge is 2.19. The fraction of sp³-hybridized carbons (Fsp3) is 0.167. The van der Waals surface area contributed by atoms with Crippen molar-refractivity contribution in [1.29, 1.82) is 10.5 Å². The number of aromatic nitrogens is 4. The normalized spacial score (nSPS) is 11.4. The Morgan fingerprint density at radius 1 is 1.28 bits per heavy atom. The molecule has 0 amide bonds. The van der Waals surface area contributed by atoms with Crippen molar-refractivity contribution in [2.24, 2.45) is 12.0 Å². The highest BCUT2D eigenvalue weighted by atomic mass is 32.1. The summed E-state index contributed by atoms with van der Waals surface area (Å²) in [5.74, 6) is -0.751. The molecule has 4 rings (SSSR count). The van der Waals surface area contributed by atoms with Gasteiger partial charge in [-0.15, -0.1) is 11.3 Å². The molecule has 0 bridgehead atoms. The number of rotatable bonds is 7. The molecule has 36 heavy (non-hydrogen) atoms. The molecule has 0 aliphatic carbocycles. The zero-order chi connectivity index (χ0) is 25.8. The van der Waals surface area contributed by atoms with Crippen molar-refractivity contribution >= 4 is 34.0 Å². The quantitative estimate of drug-likeness (QED) is 0.356. The van der Waals surface area contributed by atoms with Crippen molar-refractivity contribution < 1.29 is 9.13 Å². The molecule has 0 spiro atoms. The van der Waals surface area contributed by atoms with Crippen LogP contribution in [0.15, 0.2) is 51.4 Å². The fourth-order valence-corrected chi connectivity index (χ4v) is 4.68. The van der Waals surface area contributed by atoms with Crippen LogP contribution in [0.3, 0.4) is 0 Å².